The first-order valence-corrected chi connectivity index (χ1v) is 6.67. The number of nitrogen functional groups attached to an aromatic ring is 1. The lowest BCUT2D eigenvalue weighted by atomic mass is 10.2. The van der Waals surface area contributed by atoms with Gasteiger partial charge in [0.1, 0.15) is 17.3 Å². The molecule has 0 bridgehead atoms. The average molecular weight is 290 g/mol. The maximum Gasteiger partial charge on any atom is 0.145 e. The summed E-state index contributed by atoms with van der Waals surface area (Å²) < 4.78 is 24.0. The second-order valence-corrected chi connectivity index (χ2v) is 4.85. The summed E-state index contributed by atoms with van der Waals surface area (Å²) in [6.45, 7) is 3.87. The fourth-order valence-corrected chi connectivity index (χ4v) is 1.92. The van der Waals surface area contributed by atoms with E-state index in [2.05, 4.69) is 5.32 Å². The van der Waals surface area contributed by atoms with Gasteiger partial charge in [0.15, 0.2) is 0 Å². The number of hydrogen-bond acceptors (Lipinski definition) is 4. The van der Waals surface area contributed by atoms with Crippen LogP contribution in [-0.4, -0.2) is 13.2 Å². The molecule has 0 atom stereocenters. The predicted molar refractivity (Wildman–Crippen MR) is 82.9 cm³/mol. The molecule has 0 aliphatic heterocycles. The molecule has 5 heteroatoms. The van der Waals surface area contributed by atoms with E-state index < -0.39 is 0 Å². The molecule has 2 rings (SSSR count). The van der Waals surface area contributed by atoms with E-state index >= 15 is 0 Å². The number of halogens is 1. The van der Waals surface area contributed by atoms with Crippen molar-refractivity contribution in [2.75, 3.05) is 18.2 Å². The van der Waals surface area contributed by atoms with Crippen molar-refractivity contribution >= 4 is 17.1 Å². The molecule has 0 amide bonds. The van der Waals surface area contributed by atoms with Gasteiger partial charge in [0, 0.05) is 6.07 Å². The molecule has 0 aliphatic carbocycles. The maximum atomic E-state index is 13.2. The number of hydrogen-bond donors (Lipinski definition) is 2. The monoisotopic (exact) mass is 290 g/mol. The van der Waals surface area contributed by atoms with Crippen LogP contribution in [0, 0.1) is 5.82 Å². The van der Waals surface area contributed by atoms with Gasteiger partial charge in [-0.2, -0.15) is 0 Å². The highest BCUT2D eigenvalue weighted by atomic mass is 19.1. The van der Waals surface area contributed by atoms with E-state index in [0.717, 1.165) is 0 Å². The third-order valence-electron chi connectivity index (χ3n) is 2.86. The van der Waals surface area contributed by atoms with E-state index in [1.807, 2.05) is 32.0 Å². The van der Waals surface area contributed by atoms with E-state index in [1.165, 1.54) is 19.2 Å². The lowest BCUT2D eigenvalue weighted by molar-refractivity contribution is 0.244. The van der Waals surface area contributed by atoms with Crippen LogP contribution in [0.4, 0.5) is 21.5 Å². The van der Waals surface area contributed by atoms with Gasteiger partial charge in [0.05, 0.1) is 30.3 Å². The molecule has 3 N–H and O–H groups in total. The van der Waals surface area contributed by atoms with Gasteiger partial charge in [-0.15, -0.1) is 0 Å². The molecule has 0 radical (unpaired) electrons. The van der Waals surface area contributed by atoms with E-state index in [4.69, 9.17) is 15.2 Å². The zero-order valence-electron chi connectivity index (χ0n) is 12.3. The van der Waals surface area contributed by atoms with Crippen molar-refractivity contribution in [1.29, 1.82) is 0 Å². The molecule has 0 aromatic heterocycles. The van der Waals surface area contributed by atoms with Crippen LogP contribution in [0.3, 0.4) is 0 Å². The van der Waals surface area contributed by atoms with Gasteiger partial charge in [-0.3, -0.25) is 0 Å². The number of nitrogens with two attached hydrogens (primary N) is 1. The Hall–Kier alpha value is -2.43. The van der Waals surface area contributed by atoms with Gasteiger partial charge in [-0.05, 0) is 38.1 Å². The second kappa shape index (κ2) is 6.35. The Morgan fingerprint density at radius 3 is 2.52 bits per heavy atom. The third kappa shape index (κ3) is 3.56. The van der Waals surface area contributed by atoms with Crippen LogP contribution in [0.15, 0.2) is 36.4 Å². The average Bonchev–Trinajstić information content (AvgIpc) is 2.44. The number of anilines is 3. The van der Waals surface area contributed by atoms with Crippen molar-refractivity contribution in [2.24, 2.45) is 0 Å². The van der Waals surface area contributed by atoms with Gasteiger partial charge in [-0.1, -0.05) is 6.07 Å². The van der Waals surface area contributed by atoms with Crippen molar-refractivity contribution < 1.29 is 13.9 Å². The van der Waals surface area contributed by atoms with Crippen LogP contribution in [0.5, 0.6) is 11.5 Å². The lowest BCUT2D eigenvalue weighted by Gasteiger charge is -2.17. The van der Waals surface area contributed by atoms with Crippen molar-refractivity contribution in [3.63, 3.8) is 0 Å². The molecular formula is C16H19FN2O2. The molecule has 0 aliphatic rings. The van der Waals surface area contributed by atoms with Crippen LogP contribution >= 0.6 is 0 Å². The molecule has 0 spiro atoms. The topological polar surface area (TPSA) is 56.5 Å². The zero-order chi connectivity index (χ0) is 15.4. The quantitative estimate of drug-likeness (QED) is 0.819. The first kappa shape index (κ1) is 15.0. The summed E-state index contributed by atoms with van der Waals surface area (Å²) in [5.41, 5.74) is 7.91. The molecular weight excluding hydrogens is 271 g/mol. The Morgan fingerprint density at radius 2 is 1.86 bits per heavy atom. The molecule has 2 aromatic carbocycles. The molecule has 0 heterocycles. The summed E-state index contributed by atoms with van der Waals surface area (Å²) in [5, 5.41) is 3.14. The van der Waals surface area contributed by atoms with E-state index in [1.54, 1.807) is 6.07 Å². The van der Waals surface area contributed by atoms with Crippen molar-refractivity contribution in [3.05, 3.63) is 42.2 Å². The summed E-state index contributed by atoms with van der Waals surface area (Å²) in [4.78, 5) is 0. The number of methoxy groups -OCH3 is 1. The Morgan fingerprint density at radius 1 is 1.10 bits per heavy atom. The number of nitrogens with one attached hydrogen (secondary N) is 1. The van der Waals surface area contributed by atoms with Gasteiger partial charge < -0.3 is 20.5 Å². The van der Waals surface area contributed by atoms with Gasteiger partial charge in [0.2, 0.25) is 0 Å². The number of benzene rings is 2. The number of para-hydroxylation sites is 1. The third-order valence-corrected chi connectivity index (χ3v) is 2.86. The van der Waals surface area contributed by atoms with E-state index in [-0.39, 0.29) is 11.9 Å². The largest absolute Gasteiger partial charge is 0.494 e. The molecule has 112 valence electrons. The van der Waals surface area contributed by atoms with Gasteiger partial charge in [0.25, 0.3) is 0 Å². The van der Waals surface area contributed by atoms with Crippen LogP contribution in [0.2, 0.25) is 0 Å². The molecule has 0 saturated carbocycles. The van der Waals surface area contributed by atoms with E-state index in [9.17, 15) is 4.39 Å². The summed E-state index contributed by atoms with van der Waals surface area (Å²) in [6, 6.07) is 9.74. The number of rotatable bonds is 5. The SMILES string of the molecule is COc1cc(F)ccc1Nc1cccc(OC(C)C)c1N. The van der Waals surface area contributed by atoms with Crippen LogP contribution in [0.25, 0.3) is 0 Å². The fraction of sp³-hybridized carbons (Fsp3) is 0.250. The zero-order valence-corrected chi connectivity index (χ0v) is 12.3. The predicted octanol–water partition coefficient (Wildman–Crippen LogP) is 3.95. The Kier molecular flexibility index (Phi) is 4.52. The van der Waals surface area contributed by atoms with E-state index in [0.29, 0.717) is 28.6 Å². The normalized spacial score (nSPS) is 10.5. The molecule has 0 fully saturated rings. The minimum Gasteiger partial charge on any atom is -0.494 e. The highest BCUT2D eigenvalue weighted by molar-refractivity contribution is 5.79. The Labute approximate surface area is 123 Å². The summed E-state index contributed by atoms with van der Waals surface area (Å²) >= 11 is 0. The number of ether oxygens (including phenoxy) is 2. The Bertz CT molecular complexity index is 630. The molecule has 2 aromatic rings. The molecule has 21 heavy (non-hydrogen) atoms. The smallest absolute Gasteiger partial charge is 0.145 e. The van der Waals surface area contributed by atoms with Crippen LogP contribution < -0.4 is 20.5 Å². The first-order valence-electron chi connectivity index (χ1n) is 6.67. The van der Waals surface area contributed by atoms with Crippen LogP contribution in [-0.2, 0) is 0 Å². The van der Waals surface area contributed by atoms with Crippen molar-refractivity contribution in [1.82, 2.24) is 0 Å². The van der Waals surface area contributed by atoms with Crippen molar-refractivity contribution in [2.45, 2.75) is 20.0 Å². The Balaban J connectivity index is 2.32. The summed E-state index contributed by atoms with van der Waals surface area (Å²) in [7, 11) is 1.49. The van der Waals surface area contributed by atoms with Gasteiger partial charge in [-0.25, -0.2) is 4.39 Å². The lowest BCUT2D eigenvalue weighted by Crippen LogP contribution is -2.08. The first-order chi connectivity index (χ1) is 10.0. The molecule has 0 unspecified atom stereocenters. The molecule has 4 nitrogen and oxygen atoms in total. The van der Waals surface area contributed by atoms with Crippen molar-refractivity contribution in [3.8, 4) is 11.5 Å². The minimum absolute atomic E-state index is 0.0305. The highest BCUT2D eigenvalue weighted by Crippen LogP contribution is 2.35. The summed E-state index contributed by atoms with van der Waals surface area (Å²) in [5.74, 6) is 0.655. The maximum absolute atomic E-state index is 13.2. The summed E-state index contributed by atoms with van der Waals surface area (Å²) in [6.07, 6.45) is 0.0305. The minimum atomic E-state index is -0.359. The highest BCUT2D eigenvalue weighted by Gasteiger charge is 2.10. The van der Waals surface area contributed by atoms with Gasteiger partial charge >= 0.3 is 0 Å². The standard InChI is InChI=1S/C16H19FN2O2/c1-10(2)21-14-6-4-5-13(16(14)18)19-12-8-7-11(17)9-15(12)20-3/h4-10,19H,18H2,1-3H3. The van der Waals surface area contributed by atoms with Crippen LogP contribution in [0.1, 0.15) is 13.8 Å². The molecule has 0 saturated heterocycles. The second-order valence-electron chi connectivity index (χ2n) is 4.85. The fourth-order valence-electron chi connectivity index (χ4n) is 1.92.